The van der Waals surface area contributed by atoms with Crippen LogP contribution in [-0.2, 0) is 17.8 Å². The number of hydrogen-bond donors (Lipinski definition) is 2. The largest absolute Gasteiger partial charge is 0.354 e. The standard InChI is InChI=1S/C26H31N5O2S/c1-30-12-14-31(15-13-30)24-17-20(10-11-27-24)19-28-26(33)21-5-2-6-22(18-21)29-25(32)9-3-7-23-8-4-16-34-23/h2,4-6,8,10-11,16-18H,3,7,9,12-15,19H2,1H3,(H,28,33)(H,29,32). The third-order valence-electron chi connectivity index (χ3n) is 5.91. The number of aromatic nitrogens is 1. The van der Waals surface area contributed by atoms with E-state index in [2.05, 4.69) is 38.5 Å². The summed E-state index contributed by atoms with van der Waals surface area (Å²) in [6, 6.07) is 15.1. The number of hydrogen-bond acceptors (Lipinski definition) is 6. The highest BCUT2D eigenvalue weighted by Gasteiger charge is 2.15. The van der Waals surface area contributed by atoms with E-state index in [0.717, 1.165) is 50.4 Å². The average molecular weight is 478 g/mol. The molecule has 0 aliphatic carbocycles. The van der Waals surface area contributed by atoms with Gasteiger partial charge in [0.05, 0.1) is 0 Å². The average Bonchev–Trinajstić information content (AvgIpc) is 3.37. The molecule has 0 unspecified atom stereocenters. The molecule has 2 N–H and O–H groups in total. The van der Waals surface area contributed by atoms with Gasteiger partial charge in [0, 0.05) is 61.5 Å². The minimum atomic E-state index is -0.174. The smallest absolute Gasteiger partial charge is 0.251 e. The normalized spacial score (nSPS) is 14.1. The quantitative estimate of drug-likeness (QED) is 0.490. The second kappa shape index (κ2) is 11.8. The topological polar surface area (TPSA) is 77.6 Å². The van der Waals surface area contributed by atoms with Crippen molar-refractivity contribution in [1.82, 2.24) is 15.2 Å². The molecule has 1 fully saturated rings. The molecule has 3 aromatic rings. The number of aryl methyl sites for hydroxylation is 1. The number of anilines is 2. The number of benzene rings is 1. The van der Waals surface area contributed by atoms with Crippen molar-refractivity contribution in [2.45, 2.75) is 25.8 Å². The highest BCUT2D eigenvalue weighted by Crippen LogP contribution is 2.16. The maximum absolute atomic E-state index is 12.7. The van der Waals surface area contributed by atoms with Crippen LogP contribution in [0.3, 0.4) is 0 Å². The molecule has 2 amide bonds. The van der Waals surface area contributed by atoms with Crippen molar-refractivity contribution < 1.29 is 9.59 Å². The van der Waals surface area contributed by atoms with Crippen LogP contribution < -0.4 is 15.5 Å². The molecular weight excluding hydrogens is 446 g/mol. The third-order valence-corrected chi connectivity index (χ3v) is 6.84. The Morgan fingerprint density at radius 2 is 1.91 bits per heavy atom. The molecule has 0 saturated carbocycles. The number of carbonyl (C=O) groups is 2. The second-order valence-electron chi connectivity index (χ2n) is 8.56. The molecule has 1 aliphatic rings. The zero-order valence-corrected chi connectivity index (χ0v) is 20.3. The molecule has 1 aromatic carbocycles. The van der Waals surface area contributed by atoms with Crippen LogP contribution in [0.15, 0.2) is 60.1 Å². The van der Waals surface area contributed by atoms with Gasteiger partial charge >= 0.3 is 0 Å². The predicted molar refractivity (Wildman–Crippen MR) is 137 cm³/mol. The number of thiophene rings is 1. The Labute approximate surface area is 204 Å². The number of amides is 2. The number of rotatable bonds is 9. The van der Waals surface area contributed by atoms with Crippen molar-refractivity contribution in [2.75, 3.05) is 43.4 Å². The Morgan fingerprint density at radius 1 is 1.06 bits per heavy atom. The molecule has 0 atom stereocenters. The van der Waals surface area contributed by atoms with E-state index in [-0.39, 0.29) is 11.8 Å². The minimum absolute atomic E-state index is 0.0395. The Bertz CT molecular complexity index is 1090. The Hall–Kier alpha value is -3.23. The first-order valence-electron chi connectivity index (χ1n) is 11.7. The van der Waals surface area contributed by atoms with Gasteiger partial charge in [-0.25, -0.2) is 4.98 Å². The van der Waals surface area contributed by atoms with Crippen LogP contribution in [0.5, 0.6) is 0 Å². The summed E-state index contributed by atoms with van der Waals surface area (Å²) in [4.78, 5) is 35.4. The van der Waals surface area contributed by atoms with E-state index >= 15 is 0 Å². The first-order valence-corrected chi connectivity index (χ1v) is 12.5. The maximum atomic E-state index is 12.7. The predicted octanol–water partition coefficient (Wildman–Crippen LogP) is 3.79. The number of pyridine rings is 1. The summed E-state index contributed by atoms with van der Waals surface area (Å²) in [5, 5.41) is 7.93. The van der Waals surface area contributed by atoms with Gasteiger partial charge in [0.2, 0.25) is 5.91 Å². The van der Waals surface area contributed by atoms with Gasteiger partial charge in [-0.05, 0) is 67.2 Å². The van der Waals surface area contributed by atoms with Crippen LogP contribution in [0.1, 0.15) is 33.6 Å². The summed E-state index contributed by atoms with van der Waals surface area (Å²) in [5.41, 5.74) is 2.16. The molecule has 2 aromatic heterocycles. The van der Waals surface area contributed by atoms with E-state index in [0.29, 0.717) is 24.2 Å². The first kappa shape index (κ1) is 23.9. The number of nitrogens with one attached hydrogen (secondary N) is 2. The molecule has 0 bridgehead atoms. The lowest BCUT2D eigenvalue weighted by Gasteiger charge is -2.33. The summed E-state index contributed by atoms with van der Waals surface area (Å²) in [7, 11) is 2.13. The Morgan fingerprint density at radius 3 is 2.71 bits per heavy atom. The number of piperazine rings is 1. The fraction of sp³-hybridized carbons (Fsp3) is 0.346. The molecule has 8 heteroatoms. The zero-order chi connectivity index (χ0) is 23.8. The van der Waals surface area contributed by atoms with Crippen LogP contribution in [0, 0.1) is 0 Å². The highest BCUT2D eigenvalue weighted by atomic mass is 32.1. The zero-order valence-electron chi connectivity index (χ0n) is 19.5. The van der Waals surface area contributed by atoms with Crippen LogP contribution >= 0.6 is 11.3 Å². The SMILES string of the molecule is CN1CCN(c2cc(CNC(=O)c3cccc(NC(=O)CCCc4cccs4)c3)ccn2)CC1. The number of nitrogens with zero attached hydrogens (tertiary/aromatic N) is 3. The molecule has 0 radical (unpaired) electrons. The van der Waals surface area contributed by atoms with Gasteiger partial charge < -0.3 is 20.4 Å². The van der Waals surface area contributed by atoms with Crippen molar-refractivity contribution in [1.29, 1.82) is 0 Å². The Kier molecular flexibility index (Phi) is 8.27. The molecule has 7 nitrogen and oxygen atoms in total. The van der Waals surface area contributed by atoms with Crippen LogP contribution in [0.4, 0.5) is 11.5 Å². The van der Waals surface area contributed by atoms with Crippen molar-refractivity contribution in [3.63, 3.8) is 0 Å². The van der Waals surface area contributed by atoms with Gasteiger partial charge in [-0.2, -0.15) is 0 Å². The highest BCUT2D eigenvalue weighted by molar-refractivity contribution is 7.09. The van der Waals surface area contributed by atoms with E-state index in [4.69, 9.17) is 0 Å². The van der Waals surface area contributed by atoms with Gasteiger partial charge in [0.1, 0.15) is 5.82 Å². The Balaban J connectivity index is 1.27. The molecular formula is C26H31N5O2S. The summed E-state index contributed by atoms with van der Waals surface area (Å²) in [6.07, 6.45) is 3.95. The molecule has 1 saturated heterocycles. The van der Waals surface area contributed by atoms with Crippen molar-refractivity contribution in [3.05, 3.63) is 76.1 Å². The van der Waals surface area contributed by atoms with Crippen molar-refractivity contribution in [3.8, 4) is 0 Å². The van der Waals surface area contributed by atoms with E-state index in [9.17, 15) is 9.59 Å². The van der Waals surface area contributed by atoms with Gasteiger partial charge in [-0.15, -0.1) is 11.3 Å². The van der Waals surface area contributed by atoms with Crippen LogP contribution in [0.25, 0.3) is 0 Å². The lowest BCUT2D eigenvalue weighted by Crippen LogP contribution is -2.44. The van der Waals surface area contributed by atoms with Gasteiger partial charge in [-0.1, -0.05) is 12.1 Å². The van der Waals surface area contributed by atoms with E-state index in [1.807, 2.05) is 23.6 Å². The third kappa shape index (κ3) is 6.88. The monoisotopic (exact) mass is 477 g/mol. The van der Waals surface area contributed by atoms with Gasteiger partial charge in [0.15, 0.2) is 0 Å². The molecule has 178 valence electrons. The van der Waals surface area contributed by atoms with E-state index < -0.39 is 0 Å². The van der Waals surface area contributed by atoms with Crippen molar-refractivity contribution in [2.24, 2.45) is 0 Å². The second-order valence-corrected chi connectivity index (χ2v) is 9.59. The van der Waals surface area contributed by atoms with Gasteiger partial charge in [-0.3, -0.25) is 9.59 Å². The lowest BCUT2D eigenvalue weighted by molar-refractivity contribution is -0.116. The molecule has 4 rings (SSSR count). The summed E-state index contributed by atoms with van der Waals surface area (Å²) < 4.78 is 0. The fourth-order valence-corrected chi connectivity index (χ4v) is 4.65. The summed E-state index contributed by atoms with van der Waals surface area (Å²) in [5.74, 6) is 0.734. The number of likely N-dealkylation sites (N-methyl/N-ethyl adjacent to an activating group) is 1. The van der Waals surface area contributed by atoms with Gasteiger partial charge in [0.25, 0.3) is 5.91 Å². The van der Waals surface area contributed by atoms with Crippen molar-refractivity contribution >= 4 is 34.7 Å². The summed E-state index contributed by atoms with van der Waals surface area (Å²) >= 11 is 1.71. The summed E-state index contributed by atoms with van der Waals surface area (Å²) in [6.45, 7) is 4.35. The van der Waals surface area contributed by atoms with E-state index in [1.54, 1.807) is 41.8 Å². The van der Waals surface area contributed by atoms with Crippen LogP contribution in [-0.4, -0.2) is 54.9 Å². The van der Waals surface area contributed by atoms with E-state index in [1.165, 1.54) is 4.88 Å². The molecule has 0 spiro atoms. The maximum Gasteiger partial charge on any atom is 0.251 e. The number of carbonyl (C=O) groups excluding carboxylic acids is 2. The molecule has 1 aliphatic heterocycles. The fourth-order valence-electron chi connectivity index (χ4n) is 3.90. The lowest BCUT2D eigenvalue weighted by atomic mass is 10.1. The molecule has 3 heterocycles. The minimum Gasteiger partial charge on any atom is -0.354 e. The van der Waals surface area contributed by atoms with Crippen LogP contribution in [0.2, 0.25) is 0 Å². The molecule has 34 heavy (non-hydrogen) atoms. The first-order chi connectivity index (χ1) is 16.6.